The summed E-state index contributed by atoms with van der Waals surface area (Å²) >= 11 is 4.61. The van der Waals surface area contributed by atoms with Gasteiger partial charge in [-0.15, -0.1) is 0 Å². The number of aromatic nitrogens is 2. The van der Waals surface area contributed by atoms with E-state index in [0.29, 0.717) is 0 Å². The summed E-state index contributed by atoms with van der Waals surface area (Å²) in [6, 6.07) is 0. The van der Waals surface area contributed by atoms with Crippen molar-refractivity contribution >= 4 is 17.2 Å². The van der Waals surface area contributed by atoms with E-state index >= 15 is 0 Å². The topological polar surface area (TPSA) is 61.0 Å². The van der Waals surface area contributed by atoms with Gasteiger partial charge in [0.15, 0.2) is 6.10 Å². The molecule has 0 saturated heterocycles. The summed E-state index contributed by atoms with van der Waals surface area (Å²) in [4.78, 5) is 7.31. The lowest BCUT2D eigenvalue weighted by Crippen LogP contribution is -2.31. The van der Waals surface area contributed by atoms with Crippen LogP contribution in [-0.2, 0) is 0 Å². The first kappa shape index (κ1) is 12.6. The zero-order chi connectivity index (χ0) is 12.3. The number of thiocarbonyl (C=S) groups is 1. The summed E-state index contributed by atoms with van der Waals surface area (Å²) in [5.74, 6) is -0.232. The Kier molecular flexibility index (Phi) is 3.63. The predicted octanol–water partition coefficient (Wildman–Crippen LogP) is 1.44. The van der Waals surface area contributed by atoms with E-state index in [-0.39, 0.29) is 16.6 Å². The fourth-order valence-corrected chi connectivity index (χ4v) is 0.858. The maximum absolute atomic E-state index is 12.1. The van der Waals surface area contributed by atoms with Crippen LogP contribution in [0.3, 0.4) is 0 Å². The number of nitrogens with two attached hydrogens (primary N) is 1. The van der Waals surface area contributed by atoms with E-state index in [4.69, 9.17) is 5.73 Å². The molecule has 0 spiro atoms. The standard InChI is InChI=1S/C8H8F3N3OS/c1-4(8(9,10)11)15-6-3-13-5(2-14-6)7(12)16/h2-4H,1H3,(H2,12,16). The second-order valence-electron chi connectivity index (χ2n) is 2.91. The predicted molar refractivity (Wildman–Crippen MR) is 54.1 cm³/mol. The van der Waals surface area contributed by atoms with E-state index in [1.54, 1.807) is 0 Å². The largest absolute Gasteiger partial charge is 0.464 e. The number of hydrogen-bond acceptors (Lipinski definition) is 4. The number of halogens is 3. The van der Waals surface area contributed by atoms with Crippen molar-refractivity contribution in [1.82, 2.24) is 9.97 Å². The minimum Gasteiger partial charge on any atom is -0.464 e. The van der Waals surface area contributed by atoms with Crippen molar-refractivity contribution in [3.63, 3.8) is 0 Å². The molecule has 1 aromatic rings. The highest BCUT2D eigenvalue weighted by molar-refractivity contribution is 7.80. The number of alkyl halides is 3. The first-order valence-electron chi connectivity index (χ1n) is 4.16. The zero-order valence-corrected chi connectivity index (χ0v) is 8.97. The van der Waals surface area contributed by atoms with E-state index in [9.17, 15) is 13.2 Å². The zero-order valence-electron chi connectivity index (χ0n) is 8.15. The van der Waals surface area contributed by atoms with E-state index in [1.807, 2.05) is 0 Å². The van der Waals surface area contributed by atoms with Crippen molar-refractivity contribution in [1.29, 1.82) is 0 Å². The first-order valence-corrected chi connectivity index (χ1v) is 4.56. The van der Waals surface area contributed by atoms with Gasteiger partial charge in [-0.25, -0.2) is 9.97 Å². The van der Waals surface area contributed by atoms with Crippen molar-refractivity contribution in [2.45, 2.75) is 19.2 Å². The lowest BCUT2D eigenvalue weighted by Gasteiger charge is -2.16. The van der Waals surface area contributed by atoms with Crippen LogP contribution in [0.5, 0.6) is 5.88 Å². The van der Waals surface area contributed by atoms with Crippen molar-refractivity contribution in [3.8, 4) is 5.88 Å². The second kappa shape index (κ2) is 4.60. The molecule has 0 aliphatic carbocycles. The highest BCUT2D eigenvalue weighted by atomic mass is 32.1. The SMILES string of the molecule is CC(Oc1cnc(C(N)=S)cn1)C(F)(F)F. The molecule has 0 saturated carbocycles. The molecule has 0 aromatic carbocycles. The summed E-state index contributed by atoms with van der Waals surface area (Å²) in [6.07, 6.45) is -4.20. The lowest BCUT2D eigenvalue weighted by atomic mass is 10.4. The fraction of sp³-hybridized carbons (Fsp3) is 0.375. The van der Waals surface area contributed by atoms with Gasteiger partial charge in [-0.3, -0.25) is 0 Å². The molecule has 1 atom stereocenters. The Labute approximate surface area is 94.6 Å². The van der Waals surface area contributed by atoms with Crippen LogP contribution < -0.4 is 10.5 Å². The molecule has 0 radical (unpaired) electrons. The third-order valence-electron chi connectivity index (χ3n) is 1.64. The summed E-state index contributed by atoms with van der Waals surface area (Å²) in [7, 11) is 0. The van der Waals surface area contributed by atoms with Crippen molar-refractivity contribution in [3.05, 3.63) is 18.1 Å². The summed E-state index contributed by atoms with van der Waals surface area (Å²) in [5, 5.41) is 0. The third-order valence-corrected chi connectivity index (χ3v) is 1.85. The van der Waals surface area contributed by atoms with Crippen molar-refractivity contribution in [2.75, 3.05) is 0 Å². The van der Waals surface area contributed by atoms with Gasteiger partial charge in [0, 0.05) is 0 Å². The average molecular weight is 251 g/mol. The molecule has 0 aliphatic rings. The molecule has 1 unspecified atom stereocenters. The maximum Gasteiger partial charge on any atom is 0.425 e. The molecular formula is C8H8F3N3OS. The van der Waals surface area contributed by atoms with Gasteiger partial charge in [-0.05, 0) is 6.92 Å². The Balaban J connectivity index is 2.73. The number of nitrogens with zero attached hydrogens (tertiary/aromatic N) is 2. The van der Waals surface area contributed by atoms with Crippen LogP contribution in [0, 0.1) is 0 Å². The number of ether oxygens (including phenoxy) is 1. The van der Waals surface area contributed by atoms with Gasteiger partial charge in [0.25, 0.3) is 0 Å². The Morgan fingerprint density at radius 1 is 1.44 bits per heavy atom. The summed E-state index contributed by atoms with van der Waals surface area (Å²) < 4.78 is 40.9. The van der Waals surface area contributed by atoms with Crippen LogP contribution >= 0.6 is 12.2 Å². The van der Waals surface area contributed by atoms with E-state index < -0.39 is 12.3 Å². The number of rotatable bonds is 3. The molecule has 1 heterocycles. The lowest BCUT2D eigenvalue weighted by molar-refractivity contribution is -0.190. The van der Waals surface area contributed by atoms with Crippen LogP contribution in [-0.4, -0.2) is 27.2 Å². The Bertz CT molecular complexity index is 379. The molecule has 0 fully saturated rings. The molecule has 88 valence electrons. The summed E-state index contributed by atoms with van der Waals surface area (Å²) in [5.41, 5.74) is 5.47. The molecule has 4 nitrogen and oxygen atoms in total. The third kappa shape index (κ3) is 3.30. The average Bonchev–Trinajstić information content (AvgIpc) is 2.17. The van der Waals surface area contributed by atoms with Crippen LogP contribution in [0.25, 0.3) is 0 Å². The molecule has 0 bridgehead atoms. The van der Waals surface area contributed by atoms with E-state index in [1.165, 1.54) is 0 Å². The molecule has 16 heavy (non-hydrogen) atoms. The Hall–Kier alpha value is -1.44. The van der Waals surface area contributed by atoms with Gasteiger partial charge < -0.3 is 10.5 Å². The van der Waals surface area contributed by atoms with Crippen LogP contribution in [0.15, 0.2) is 12.4 Å². The van der Waals surface area contributed by atoms with E-state index in [2.05, 4.69) is 26.9 Å². The molecule has 1 aromatic heterocycles. The highest BCUT2D eigenvalue weighted by Crippen LogP contribution is 2.23. The second-order valence-corrected chi connectivity index (χ2v) is 3.35. The molecule has 2 N–H and O–H groups in total. The molecule has 8 heteroatoms. The van der Waals surface area contributed by atoms with Gasteiger partial charge in [-0.2, -0.15) is 13.2 Å². The maximum atomic E-state index is 12.1. The van der Waals surface area contributed by atoms with Gasteiger partial charge in [0.1, 0.15) is 10.7 Å². The van der Waals surface area contributed by atoms with Gasteiger partial charge in [0.2, 0.25) is 5.88 Å². The van der Waals surface area contributed by atoms with Crippen LogP contribution in [0.1, 0.15) is 12.6 Å². The van der Waals surface area contributed by atoms with Gasteiger partial charge >= 0.3 is 6.18 Å². The summed E-state index contributed by atoms with van der Waals surface area (Å²) in [6.45, 7) is 0.878. The quantitative estimate of drug-likeness (QED) is 0.824. The first-order chi connectivity index (χ1) is 7.30. The smallest absolute Gasteiger partial charge is 0.425 e. The van der Waals surface area contributed by atoms with Crippen molar-refractivity contribution in [2.24, 2.45) is 5.73 Å². The van der Waals surface area contributed by atoms with Gasteiger partial charge in [-0.1, -0.05) is 12.2 Å². The fourth-order valence-electron chi connectivity index (χ4n) is 0.752. The molecule has 0 aliphatic heterocycles. The monoisotopic (exact) mass is 251 g/mol. The molecule has 0 amide bonds. The van der Waals surface area contributed by atoms with E-state index in [0.717, 1.165) is 19.3 Å². The Morgan fingerprint density at radius 3 is 2.44 bits per heavy atom. The number of hydrogen-bond donors (Lipinski definition) is 1. The Morgan fingerprint density at radius 2 is 2.06 bits per heavy atom. The molecular weight excluding hydrogens is 243 g/mol. The molecule has 1 rings (SSSR count). The highest BCUT2D eigenvalue weighted by Gasteiger charge is 2.38. The van der Waals surface area contributed by atoms with Gasteiger partial charge in [0.05, 0.1) is 12.4 Å². The minimum absolute atomic E-state index is 0.0166. The minimum atomic E-state index is -4.44. The van der Waals surface area contributed by atoms with Crippen LogP contribution in [0.2, 0.25) is 0 Å². The normalized spacial score (nSPS) is 13.2. The van der Waals surface area contributed by atoms with Crippen LogP contribution in [0.4, 0.5) is 13.2 Å². The van der Waals surface area contributed by atoms with Crippen molar-refractivity contribution < 1.29 is 17.9 Å².